The highest BCUT2D eigenvalue weighted by molar-refractivity contribution is 5.94. The van der Waals surface area contributed by atoms with Crippen molar-refractivity contribution in [1.29, 1.82) is 0 Å². The number of nitrogens with two attached hydrogens (primary N) is 1. The molecule has 1 aliphatic rings. The molecule has 0 spiro atoms. The van der Waals surface area contributed by atoms with Crippen LogP contribution in [0.4, 0.5) is 0 Å². The molecular weight excluding hydrogens is 270 g/mol. The minimum Gasteiger partial charge on any atom is -0.481 e. The summed E-state index contributed by atoms with van der Waals surface area (Å²) in [6, 6.07) is 3.41. The van der Waals surface area contributed by atoms with Crippen LogP contribution >= 0.6 is 0 Å². The number of aliphatic carboxylic acids is 1. The maximum atomic E-state index is 12.6. The predicted molar refractivity (Wildman–Crippen MR) is 77.7 cm³/mol. The maximum absolute atomic E-state index is 12.6. The van der Waals surface area contributed by atoms with E-state index in [0.717, 1.165) is 19.3 Å². The number of nitrogens with zero attached hydrogens (tertiary/aromatic N) is 2. The zero-order valence-electron chi connectivity index (χ0n) is 12.0. The van der Waals surface area contributed by atoms with Gasteiger partial charge in [0, 0.05) is 37.3 Å². The number of likely N-dealkylation sites (tertiary alicyclic amines) is 1. The lowest BCUT2D eigenvalue weighted by Gasteiger charge is -2.35. The number of carbonyl (C=O) groups excluding carboxylic acids is 1. The van der Waals surface area contributed by atoms with E-state index in [1.165, 1.54) is 0 Å². The quantitative estimate of drug-likeness (QED) is 0.854. The summed E-state index contributed by atoms with van der Waals surface area (Å²) in [7, 11) is 0. The molecule has 0 aliphatic carbocycles. The number of piperidine rings is 1. The molecule has 0 radical (unpaired) electrons. The number of amides is 1. The molecular formula is C15H21N3O3. The van der Waals surface area contributed by atoms with Gasteiger partial charge in [-0.2, -0.15) is 0 Å². The molecule has 1 aromatic rings. The summed E-state index contributed by atoms with van der Waals surface area (Å²) in [6.45, 7) is 0.979. The third-order valence-corrected chi connectivity index (χ3v) is 3.85. The van der Waals surface area contributed by atoms with Gasteiger partial charge in [-0.1, -0.05) is 0 Å². The molecule has 1 unspecified atom stereocenters. The van der Waals surface area contributed by atoms with Crippen LogP contribution in [-0.4, -0.2) is 39.5 Å². The molecule has 1 fully saturated rings. The molecule has 2 rings (SSSR count). The molecule has 3 N–H and O–H groups in total. The van der Waals surface area contributed by atoms with Crippen LogP contribution in [-0.2, 0) is 11.3 Å². The molecule has 1 aromatic heterocycles. The highest BCUT2D eigenvalue weighted by Gasteiger charge is 2.27. The van der Waals surface area contributed by atoms with Crippen molar-refractivity contribution in [2.24, 2.45) is 5.73 Å². The first-order valence-electron chi connectivity index (χ1n) is 7.29. The number of hydrogen-bond acceptors (Lipinski definition) is 4. The van der Waals surface area contributed by atoms with Crippen LogP contribution in [0.25, 0.3) is 0 Å². The number of carbonyl (C=O) groups is 2. The minimum absolute atomic E-state index is 0.0110. The van der Waals surface area contributed by atoms with E-state index in [-0.39, 0.29) is 18.4 Å². The summed E-state index contributed by atoms with van der Waals surface area (Å²) in [5.41, 5.74) is 6.81. The lowest BCUT2D eigenvalue weighted by molar-refractivity contribution is -0.137. The Morgan fingerprint density at radius 1 is 1.43 bits per heavy atom. The van der Waals surface area contributed by atoms with Crippen molar-refractivity contribution >= 4 is 11.9 Å². The summed E-state index contributed by atoms with van der Waals surface area (Å²) in [6.07, 6.45) is 5.07. The van der Waals surface area contributed by atoms with E-state index < -0.39 is 5.97 Å². The summed E-state index contributed by atoms with van der Waals surface area (Å²) in [4.78, 5) is 29.3. The maximum Gasteiger partial charge on any atom is 0.303 e. The summed E-state index contributed by atoms with van der Waals surface area (Å²) in [5.74, 6) is -0.871. The number of aromatic nitrogens is 1. The number of hydrogen-bond donors (Lipinski definition) is 2. The van der Waals surface area contributed by atoms with Crippen LogP contribution in [0, 0.1) is 0 Å². The second kappa shape index (κ2) is 7.17. The minimum atomic E-state index is -0.817. The summed E-state index contributed by atoms with van der Waals surface area (Å²) < 4.78 is 0. The van der Waals surface area contributed by atoms with Crippen molar-refractivity contribution in [2.45, 2.75) is 44.7 Å². The first kappa shape index (κ1) is 15.4. The van der Waals surface area contributed by atoms with Crippen molar-refractivity contribution < 1.29 is 14.7 Å². The van der Waals surface area contributed by atoms with Gasteiger partial charge in [-0.3, -0.25) is 14.6 Å². The first-order valence-corrected chi connectivity index (χ1v) is 7.29. The van der Waals surface area contributed by atoms with E-state index in [4.69, 9.17) is 10.8 Å². The fourth-order valence-corrected chi connectivity index (χ4v) is 2.75. The SMILES string of the molecule is NCc1cc(C(=O)N2CCCCC2CCC(=O)O)ccn1. The van der Waals surface area contributed by atoms with Gasteiger partial charge in [0.1, 0.15) is 0 Å². The summed E-state index contributed by atoms with van der Waals surface area (Å²) >= 11 is 0. The average Bonchev–Trinajstić information content (AvgIpc) is 2.52. The van der Waals surface area contributed by atoms with Crippen LogP contribution in [0.3, 0.4) is 0 Å². The van der Waals surface area contributed by atoms with E-state index >= 15 is 0 Å². The Morgan fingerprint density at radius 3 is 2.95 bits per heavy atom. The van der Waals surface area contributed by atoms with Gasteiger partial charge in [0.25, 0.3) is 5.91 Å². The van der Waals surface area contributed by atoms with E-state index in [0.29, 0.717) is 30.8 Å². The Bertz CT molecular complexity index is 519. The Hall–Kier alpha value is -1.95. The van der Waals surface area contributed by atoms with Crippen molar-refractivity contribution in [3.63, 3.8) is 0 Å². The third kappa shape index (κ3) is 4.01. The molecule has 6 heteroatoms. The Morgan fingerprint density at radius 2 is 2.24 bits per heavy atom. The van der Waals surface area contributed by atoms with Gasteiger partial charge >= 0.3 is 5.97 Å². The first-order chi connectivity index (χ1) is 10.1. The van der Waals surface area contributed by atoms with Crippen molar-refractivity contribution in [1.82, 2.24) is 9.88 Å². The van der Waals surface area contributed by atoms with E-state index in [2.05, 4.69) is 4.98 Å². The Kier molecular flexibility index (Phi) is 5.27. The largest absolute Gasteiger partial charge is 0.481 e. The second-order valence-electron chi connectivity index (χ2n) is 5.32. The van der Waals surface area contributed by atoms with Gasteiger partial charge in [-0.25, -0.2) is 0 Å². The lowest BCUT2D eigenvalue weighted by atomic mass is 9.97. The molecule has 21 heavy (non-hydrogen) atoms. The molecule has 1 saturated heterocycles. The van der Waals surface area contributed by atoms with E-state index in [1.807, 2.05) is 4.90 Å². The fraction of sp³-hybridized carbons (Fsp3) is 0.533. The molecule has 0 bridgehead atoms. The van der Waals surface area contributed by atoms with Gasteiger partial charge in [-0.05, 0) is 37.8 Å². The topological polar surface area (TPSA) is 96.5 Å². The molecule has 6 nitrogen and oxygen atoms in total. The number of pyridine rings is 1. The molecule has 0 saturated carbocycles. The average molecular weight is 291 g/mol. The number of carboxylic acid groups (broad SMARTS) is 1. The number of rotatable bonds is 5. The molecule has 1 aliphatic heterocycles. The molecule has 1 atom stereocenters. The monoisotopic (exact) mass is 291 g/mol. The van der Waals surface area contributed by atoms with Gasteiger partial charge in [0.2, 0.25) is 0 Å². The van der Waals surface area contributed by atoms with Crippen LogP contribution in [0.2, 0.25) is 0 Å². The van der Waals surface area contributed by atoms with E-state index in [9.17, 15) is 9.59 Å². The van der Waals surface area contributed by atoms with Gasteiger partial charge in [0.15, 0.2) is 0 Å². The zero-order chi connectivity index (χ0) is 15.2. The highest BCUT2D eigenvalue weighted by Crippen LogP contribution is 2.23. The molecule has 1 amide bonds. The van der Waals surface area contributed by atoms with Crippen molar-refractivity contribution in [2.75, 3.05) is 6.54 Å². The van der Waals surface area contributed by atoms with Crippen LogP contribution < -0.4 is 5.73 Å². The van der Waals surface area contributed by atoms with E-state index in [1.54, 1.807) is 18.3 Å². The molecule has 2 heterocycles. The molecule has 114 valence electrons. The van der Waals surface area contributed by atoms with Crippen LogP contribution in [0.15, 0.2) is 18.3 Å². The van der Waals surface area contributed by atoms with Gasteiger partial charge < -0.3 is 15.7 Å². The lowest BCUT2D eigenvalue weighted by Crippen LogP contribution is -2.44. The van der Waals surface area contributed by atoms with Gasteiger partial charge in [-0.15, -0.1) is 0 Å². The number of carboxylic acids is 1. The van der Waals surface area contributed by atoms with Crippen molar-refractivity contribution in [3.05, 3.63) is 29.6 Å². The second-order valence-corrected chi connectivity index (χ2v) is 5.32. The zero-order valence-corrected chi connectivity index (χ0v) is 12.0. The highest BCUT2D eigenvalue weighted by atomic mass is 16.4. The third-order valence-electron chi connectivity index (χ3n) is 3.85. The fourth-order valence-electron chi connectivity index (χ4n) is 2.75. The van der Waals surface area contributed by atoms with Crippen LogP contribution in [0.1, 0.15) is 48.2 Å². The Labute approximate surface area is 124 Å². The molecule has 0 aromatic carbocycles. The van der Waals surface area contributed by atoms with Crippen LogP contribution in [0.5, 0.6) is 0 Å². The smallest absolute Gasteiger partial charge is 0.303 e. The standard InChI is InChI=1S/C15H21N3O3/c16-10-12-9-11(6-7-17-12)15(21)18-8-2-1-3-13(18)4-5-14(19)20/h6-7,9,13H,1-5,8,10,16H2,(H,19,20). The van der Waals surface area contributed by atoms with Gasteiger partial charge in [0.05, 0.1) is 5.69 Å². The normalized spacial score (nSPS) is 18.5. The van der Waals surface area contributed by atoms with Crippen molar-refractivity contribution in [3.8, 4) is 0 Å². The Balaban J connectivity index is 2.11. The summed E-state index contributed by atoms with van der Waals surface area (Å²) in [5, 5.41) is 8.83. The predicted octanol–water partition coefficient (Wildman–Crippen LogP) is 1.40.